The summed E-state index contributed by atoms with van der Waals surface area (Å²) >= 11 is 0. The zero-order chi connectivity index (χ0) is 14.7. The molecule has 2 N–H and O–H groups in total. The zero-order valence-corrected chi connectivity index (χ0v) is 12.0. The van der Waals surface area contributed by atoms with Gasteiger partial charge in [-0.1, -0.05) is 42.5 Å². The fourth-order valence-electron chi connectivity index (χ4n) is 2.41. The number of fused-ring (bicyclic) bond motifs is 1. The molecule has 0 unspecified atom stereocenters. The maximum absolute atomic E-state index is 6.08. The highest BCUT2D eigenvalue weighted by molar-refractivity contribution is 5.89. The van der Waals surface area contributed by atoms with Crippen molar-refractivity contribution in [2.24, 2.45) is 5.73 Å². The molecule has 1 heterocycles. The number of nitrogens with zero attached hydrogens (tertiary/aromatic N) is 1. The lowest BCUT2D eigenvalue weighted by molar-refractivity contribution is 0.300. The van der Waals surface area contributed by atoms with Crippen molar-refractivity contribution >= 4 is 10.8 Å². The van der Waals surface area contributed by atoms with Crippen molar-refractivity contribution in [2.75, 3.05) is 0 Å². The molecule has 0 spiro atoms. The van der Waals surface area contributed by atoms with E-state index in [9.17, 15) is 0 Å². The van der Waals surface area contributed by atoms with Crippen molar-refractivity contribution in [3.05, 3.63) is 72.1 Å². The van der Waals surface area contributed by atoms with E-state index in [1.165, 1.54) is 0 Å². The molecule has 0 saturated carbocycles. The Bertz CT molecular complexity index is 739. The molecule has 21 heavy (non-hydrogen) atoms. The number of hydrogen-bond acceptors (Lipinski definition) is 3. The van der Waals surface area contributed by atoms with Crippen LogP contribution in [0, 0.1) is 0 Å². The number of ether oxygens (including phenoxy) is 1. The van der Waals surface area contributed by atoms with Crippen molar-refractivity contribution in [1.82, 2.24) is 4.98 Å². The number of aromatic nitrogens is 1. The topological polar surface area (TPSA) is 48.1 Å². The number of rotatable bonds is 4. The van der Waals surface area contributed by atoms with Gasteiger partial charge in [0.25, 0.3) is 0 Å². The maximum atomic E-state index is 6.08. The van der Waals surface area contributed by atoms with E-state index >= 15 is 0 Å². The average Bonchev–Trinajstić information content (AvgIpc) is 2.53. The van der Waals surface area contributed by atoms with Crippen LogP contribution in [0.15, 0.2) is 60.8 Å². The van der Waals surface area contributed by atoms with E-state index in [2.05, 4.69) is 23.2 Å². The summed E-state index contributed by atoms with van der Waals surface area (Å²) in [5.41, 5.74) is 8.00. The lowest BCUT2D eigenvalue weighted by atomic mass is 10.0. The fourth-order valence-corrected chi connectivity index (χ4v) is 2.41. The van der Waals surface area contributed by atoms with E-state index in [-0.39, 0.29) is 6.04 Å². The van der Waals surface area contributed by atoms with Crippen LogP contribution in [0.25, 0.3) is 10.8 Å². The van der Waals surface area contributed by atoms with Gasteiger partial charge < -0.3 is 10.5 Å². The van der Waals surface area contributed by atoms with Gasteiger partial charge in [-0.15, -0.1) is 0 Å². The average molecular weight is 278 g/mol. The summed E-state index contributed by atoms with van der Waals surface area (Å²) in [6.45, 7) is 2.41. The van der Waals surface area contributed by atoms with Crippen LogP contribution in [-0.2, 0) is 6.61 Å². The smallest absolute Gasteiger partial charge is 0.132 e. The van der Waals surface area contributed by atoms with Gasteiger partial charge in [-0.2, -0.15) is 0 Å². The predicted molar refractivity (Wildman–Crippen MR) is 85.1 cm³/mol. The summed E-state index contributed by atoms with van der Waals surface area (Å²) < 4.78 is 6.06. The third-order valence-corrected chi connectivity index (χ3v) is 3.49. The Morgan fingerprint density at radius 1 is 1.05 bits per heavy atom. The molecule has 3 rings (SSSR count). The van der Waals surface area contributed by atoms with E-state index in [0.29, 0.717) is 6.61 Å². The quantitative estimate of drug-likeness (QED) is 0.789. The van der Waals surface area contributed by atoms with E-state index < -0.39 is 0 Å². The van der Waals surface area contributed by atoms with Gasteiger partial charge in [-0.25, -0.2) is 0 Å². The van der Waals surface area contributed by atoms with Gasteiger partial charge in [-0.05, 0) is 24.4 Å². The monoisotopic (exact) mass is 278 g/mol. The second-order valence-electron chi connectivity index (χ2n) is 5.10. The van der Waals surface area contributed by atoms with Gasteiger partial charge in [0.1, 0.15) is 12.4 Å². The highest BCUT2D eigenvalue weighted by Gasteiger charge is 2.12. The lowest BCUT2D eigenvalue weighted by Gasteiger charge is -2.16. The van der Waals surface area contributed by atoms with Crippen molar-refractivity contribution in [2.45, 2.75) is 19.6 Å². The molecule has 3 aromatic rings. The second-order valence-corrected chi connectivity index (χ2v) is 5.10. The predicted octanol–water partition coefficient (Wildman–Crippen LogP) is 3.83. The number of hydrogen-bond donors (Lipinski definition) is 1. The normalized spacial score (nSPS) is 12.3. The van der Waals surface area contributed by atoms with Crippen LogP contribution in [0.1, 0.15) is 24.2 Å². The van der Waals surface area contributed by atoms with Crippen LogP contribution in [0.4, 0.5) is 0 Å². The molecule has 0 saturated heterocycles. The third-order valence-electron chi connectivity index (χ3n) is 3.49. The molecule has 106 valence electrons. The first-order chi connectivity index (χ1) is 10.3. The minimum absolute atomic E-state index is 0.0756. The van der Waals surface area contributed by atoms with E-state index in [1.54, 1.807) is 6.20 Å². The van der Waals surface area contributed by atoms with Gasteiger partial charge in [-0.3, -0.25) is 4.98 Å². The molecule has 1 aromatic heterocycles. The Morgan fingerprint density at radius 3 is 2.62 bits per heavy atom. The summed E-state index contributed by atoms with van der Waals surface area (Å²) in [5, 5.41) is 2.24. The van der Waals surface area contributed by atoms with Crippen molar-refractivity contribution in [3.63, 3.8) is 0 Å². The maximum Gasteiger partial charge on any atom is 0.132 e. The van der Waals surface area contributed by atoms with Gasteiger partial charge in [0, 0.05) is 23.2 Å². The van der Waals surface area contributed by atoms with Gasteiger partial charge in [0.15, 0.2) is 0 Å². The number of pyridine rings is 1. The summed E-state index contributed by atoms with van der Waals surface area (Å²) in [4.78, 5) is 4.29. The lowest BCUT2D eigenvalue weighted by Crippen LogP contribution is -2.09. The Balaban J connectivity index is 2.00. The Morgan fingerprint density at radius 2 is 1.86 bits per heavy atom. The van der Waals surface area contributed by atoms with E-state index in [1.807, 2.05) is 43.3 Å². The van der Waals surface area contributed by atoms with Gasteiger partial charge >= 0.3 is 0 Å². The van der Waals surface area contributed by atoms with Gasteiger partial charge in [0.2, 0.25) is 0 Å². The highest BCUT2D eigenvalue weighted by atomic mass is 16.5. The molecule has 0 radical (unpaired) electrons. The Labute approximate surface area is 124 Å². The molecule has 3 nitrogen and oxygen atoms in total. The fraction of sp³-hybridized carbons (Fsp3) is 0.167. The molecule has 0 aliphatic heterocycles. The molecule has 0 amide bonds. The molecule has 2 aromatic carbocycles. The van der Waals surface area contributed by atoms with Crippen molar-refractivity contribution in [1.29, 1.82) is 0 Å². The Hall–Kier alpha value is -2.39. The molecule has 1 atom stereocenters. The Kier molecular flexibility index (Phi) is 3.84. The largest absolute Gasteiger partial charge is 0.486 e. The molecule has 0 fully saturated rings. The van der Waals surface area contributed by atoms with Crippen molar-refractivity contribution in [3.8, 4) is 5.75 Å². The third kappa shape index (κ3) is 2.88. The van der Waals surface area contributed by atoms with Crippen LogP contribution in [-0.4, -0.2) is 4.98 Å². The first-order valence-electron chi connectivity index (χ1n) is 7.05. The molecule has 3 heteroatoms. The molecular formula is C18H18N2O. The second kappa shape index (κ2) is 5.94. The minimum Gasteiger partial charge on any atom is -0.486 e. The van der Waals surface area contributed by atoms with Crippen LogP contribution >= 0.6 is 0 Å². The summed E-state index contributed by atoms with van der Waals surface area (Å²) in [5.74, 6) is 0.855. The first kappa shape index (κ1) is 13.6. The molecular weight excluding hydrogens is 260 g/mol. The molecule has 0 aliphatic rings. The first-order valence-corrected chi connectivity index (χ1v) is 7.05. The SMILES string of the molecule is C[C@@H](N)c1ccc2ccccc2c1OCc1ccccn1. The van der Waals surface area contributed by atoms with Crippen LogP contribution in [0.5, 0.6) is 5.75 Å². The molecule has 0 bridgehead atoms. The van der Waals surface area contributed by atoms with E-state index in [4.69, 9.17) is 10.5 Å². The standard InChI is InChI=1S/C18H18N2O/c1-13(19)16-10-9-14-6-2-3-8-17(14)18(16)21-12-15-7-4-5-11-20-15/h2-11,13H,12,19H2,1H3/t13-/m1/s1. The number of nitrogens with two attached hydrogens (primary N) is 1. The minimum atomic E-state index is -0.0756. The number of benzene rings is 2. The summed E-state index contributed by atoms with van der Waals surface area (Å²) in [6.07, 6.45) is 1.77. The van der Waals surface area contributed by atoms with Crippen LogP contribution in [0.2, 0.25) is 0 Å². The summed E-state index contributed by atoms with van der Waals surface area (Å²) in [7, 11) is 0. The van der Waals surface area contributed by atoms with Crippen LogP contribution < -0.4 is 10.5 Å². The van der Waals surface area contributed by atoms with Crippen LogP contribution in [0.3, 0.4) is 0 Å². The van der Waals surface area contributed by atoms with Crippen molar-refractivity contribution < 1.29 is 4.74 Å². The highest BCUT2D eigenvalue weighted by Crippen LogP contribution is 2.33. The molecule has 0 aliphatic carbocycles. The van der Waals surface area contributed by atoms with E-state index in [0.717, 1.165) is 27.8 Å². The zero-order valence-electron chi connectivity index (χ0n) is 12.0. The summed E-state index contributed by atoms with van der Waals surface area (Å²) in [6, 6.07) is 18.0. The van der Waals surface area contributed by atoms with Gasteiger partial charge in [0.05, 0.1) is 5.69 Å².